The van der Waals surface area contributed by atoms with Crippen LogP contribution in [0.2, 0.25) is 0 Å². The fourth-order valence-corrected chi connectivity index (χ4v) is 3.47. The van der Waals surface area contributed by atoms with E-state index in [1.807, 2.05) is 25.1 Å². The second kappa shape index (κ2) is 9.59. The first-order valence-electron chi connectivity index (χ1n) is 8.61. The van der Waals surface area contributed by atoms with Gasteiger partial charge in [0.2, 0.25) is 0 Å². The molecule has 1 atom stereocenters. The Morgan fingerprint density at radius 1 is 1.25 bits per heavy atom. The minimum Gasteiger partial charge on any atom is -0.394 e. The van der Waals surface area contributed by atoms with Crippen molar-refractivity contribution in [3.63, 3.8) is 0 Å². The zero-order valence-electron chi connectivity index (χ0n) is 15.9. The highest BCUT2D eigenvalue weighted by Gasteiger charge is 2.22. The van der Waals surface area contributed by atoms with Gasteiger partial charge in [-0.1, -0.05) is 6.07 Å². The van der Waals surface area contributed by atoms with Crippen LogP contribution in [0.15, 0.2) is 27.8 Å². The van der Waals surface area contributed by atoms with Crippen molar-refractivity contribution < 1.29 is 19.7 Å². The van der Waals surface area contributed by atoms with Gasteiger partial charge in [-0.15, -0.1) is 0 Å². The molecule has 1 heterocycles. The van der Waals surface area contributed by atoms with Gasteiger partial charge in [-0.2, -0.15) is 0 Å². The summed E-state index contributed by atoms with van der Waals surface area (Å²) in [5.74, 6) is -0.584. The average molecular weight is 502 g/mol. The van der Waals surface area contributed by atoms with Gasteiger partial charge in [0.15, 0.2) is 5.78 Å². The number of ketones is 1. The second-order valence-corrected chi connectivity index (χ2v) is 7.80. The van der Waals surface area contributed by atoms with Crippen molar-refractivity contribution in [3.05, 3.63) is 65.0 Å². The summed E-state index contributed by atoms with van der Waals surface area (Å²) in [6.45, 7) is 0.758. The number of hydrogen-bond donors (Lipinski definition) is 2. The van der Waals surface area contributed by atoms with Gasteiger partial charge >= 0.3 is 5.69 Å². The Morgan fingerprint density at radius 3 is 2.54 bits per heavy atom. The summed E-state index contributed by atoms with van der Waals surface area (Å²) >= 11 is 2.20. The topological polar surface area (TPSA) is 111 Å². The predicted octanol–water partition coefficient (Wildman–Crippen LogP) is 0.140. The molecule has 0 saturated carbocycles. The highest BCUT2D eigenvalue weighted by molar-refractivity contribution is 14.1. The first-order chi connectivity index (χ1) is 13.2. The molecule has 9 heteroatoms. The van der Waals surface area contributed by atoms with Gasteiger partial charge in [0, 0.05) is 29.8 Å². The van der Waals surface area contributed by atoms with Crippen LogP contribution in [0.5, 0.6) is 0 Å². The number of aromatic nitrogens is 2. The molecular weight excluding hydrogens is 479 g/mol. The van der Waals surface area contributed by atoms with E-state index >= 15 is 0 Å². The quantitative estimate of drug-likeness (QED) is 0.393. The lowest BCUT2D eigenvalue weighted by Crippen LogP contribution is -2.43. The van der Waals surface area contributed by atoms with Gasteiger partial charge in [0.25, 0.3) is 5.56 Å². The Balaban J connectivity index is 2.47. The monoisotopic (exact) mass is 502 g/mol. The summed E-state index contributed by atoms with van der Waals surface area (Å²) in [5.41, 5.74) is 0.888. The number of aryl methyl sites for hydroxylation is 1. The van der Waals surface area contributed by atoms with Crippen LogP contribution in [0.25, 0.3) is 0 Å². The number of rotatable bonds is 8. The molecule has 0 radical (unpaired) electrons. The predicted molar refractivity (Wildman–Crippen MR) is 112 cm³/mol. The van der Waals surface area contributed by atoms with Crippen molar-refractivity contribution in [1.29, 1.82) is 0 Å². The van der Waals surface area contributed by atoms with Gasteiger partial charge in [0.1, 0.15) is 18.3 Å². The van der Waals surface area contributed by atoms with Crippen LogP contribution in [0.3, 0.4) is 0 Å². The van der Waals surface area contributed by atoms with E-state index in [1.54, 1.807) is 0 Å². The minimum atomic E-state index is -1.11. The zero-order valence-corrected chi connectivity index (χ0v) is 18.1. The van der Waals surface area contributed by atoms with Crippen molar-refractivity contribution in [1.82, 2.24) is 9.13 Å². The summed E-state index contributed by atoms with van der Waals surface area (Å²) in [6.07, 6.45) is -0.866. The van der Waals surface area contributed by atoms with Crippen molar-refractivity contribution in [2.75, 3.05) is 19.8 Å². The molecule has 0 fully saturated rings. The van der Waals surface area contributed by atoms with E-state index in [2.05, 4.69) is 22.6 Å². The molecule has 1 aromatic heterocycles. The number of halogens is 1. The van der Waals surface area contributed by atoms with Crippen LogP contribution in [-0.2, 0) is 25.3 Å². The van der Waals surface area contributed by atoms with E-state index in [0.29, 0.717) is 5.69 Å². The van der Waals surface area contributed by atoms with Gasteiger partial charge in [-0.3, -0.25) is 18.7 Å². The number of nitrogens with zero attached hydrogens (tertiary/aromatic N) is 2. The standard InChI is InChI=1S/C19H23IN2O6/c1-11-6-13(20)5-4-12(11)7-15-17(16(25)10-28-9-14(24)8-23)18(26)22(3)19(27)21(15)2/h4-6,14,23-24H,7-10H2,1-3H3/t14-/m1/s1. The minimum absolute atomic E-state index is 0.110. The fraction of sp³-hybridized carbons (Fsp3) is 0.421. The van der Waals surface area contributed by atoms with Crippen LogP contribution >= 0.6 is 22.6 Å². The molecule has 0 saturated heterocycles. The highest BCUT2D eigenvalue weighted by atomic mass is 127. The molecule has 2 rings (SSSR count). The van der Waals surface area contributed by atoms with Crippen molar-refractivity contribution >= 4 is 28.4 Å². The summed E-state index contributed by atoms with van der Waals surface area (Å²) in [7, 11) is 2.84. The largest absolute Gasteiger partial charge is 0.394 e. The molecule has 0 aliphatic carbocycles. The number of hydrogen-bond acceptors (Lipinski definition) is 6. The molecular formula is C19H23IN2O6. The molecule has 0 bridgehead atoms. The van der Waals surface area contributed by atoms with Crippen LogP contribution in [0.1, 0.15) is 27.2 Å². The third-order valence-corrected chi connectivity index (χ3v) is 5.15. The van der Waals surface area contributed by atoms with Crippen LogP contribution in [0.4, 0.5) is 0 Å². The van der Waals surface area contributed by atoms with E-state index in [1.165, 1.54) is 18.7 Å². The highest BCUT2D eigenvalue weighted by Crippen LogP contribution is 2.17. The van der Waals surface area contributed by atoms with Gasteiger partial charge in [0.05, 0.1) is 13.2 Å². The maximum absolute atomic E-state index is 12.7. The number of benzene rings is 1. The number of carbonyl (C=O) groups is 1. The number of aliphatic hydroxyl groups excluding tert-OH is 2. The number of ether oxygens (including phenoxy) is 1. The maximum Gasteiger partial charge on any atom is 0.330 e. The van der Waals surface area contributed by atoms with E-state index in [4.69, 9.17) is 9.84 Å². The van der Waals surface area contributed by atoms with E-state index in [-0.39, 0.29) is 18.6 Å². The Kier molecular flexibility index (Phi) is 7.70. The Bertz CT molecular complexity index is 995. The molecule has 0 unspecified atom stereocenters. The molecule has 28 heavy (non-hydrogen) atoms. The third-order valence-electron chi connectivity index (χ3n) is 4.48. The summed E-state index contributed by atoms with van der Waals surface area (Å²) < 4.78 is 8.36. The molecule has 1 aromatic carbocycles. The molecule has 0 aliphatic heterocycles. The Labute approximate surface area is 175 Å². The molecule has 8 nitrogen and oxygen atoms in total. The average Bonchev–Trinajstić information content (AvgIpc) is 2.66. The van der Waals surface area contributed by atoms with Crippen molar-refractivity contribution in [2.45, 2.75) is 19.4 Å². The lowest BCUT2D eigenvalue weighted by atomic mass is 9.99. The van der Waals surface area contributed by atoms with E-state index < -0.39 is 36.3 Å². The van der Waals surface area contributed by atoms with Crippen molar-refractivity contribution in [3.8, 4) is 0 Å². The number of aliphatic hydroxyl groups is 2. The molecule has 0 amide bonds. The molecule has 0 aliphatic rings. The number of carbonyl (C=O) groups excluding carboxylic acids is 1. The molecule has 0 spiro atoms. The van der Waals surface area contributed by atoms with Gasteiger partial charge in [-0.05, 0) is 52.8 Å². The maximum atomic E-state index is 12.7. The lowest BCUT2D eigenvalue weighted by Gasteiger charge is -2.16. The zero-order chi connectivity index (χ0) is 21.0. The smallest absolute Gasteiger partial charge is 0.330 e. The SMILES string of the molecule is Cc1cc(I)ccc1Cc1c(C(=O)COC[C@H](O)CO)c(=O)n(C)c(=O)n1C. The molecule has 2 N–H and O–H groups in total. The van der Waals surface area contributed by atoms with Crippen molar-refractivity contribution in [2.24, 2.45) is 14.1 Å². The summed E-state index contributed by atoms with van der Waals surface area (Å²) in [4.78, 5) is 37.7. The van der Waals surface area contributed by atoms with Gasteiger partial charge in [-0.25, -0.2) is 4.79 Å². The second-order valence-electron chi connectivity index (χ2n) is 6.55. The van der Waals surface area contributed by atoms with Gasteiger partial charge < -0.3 is 14.9 Å². The normalized spacial score (nSPS) is 12.2. The number of Topliss-reactive ketones (excluding diaryl/α,β-unsaturated/α-hetero) is 1. The Hall–Kier alpha value is -1.82. The fourth-order valence-electron chi connectivity index (χ4n) is 2.82. The van der Waals surface area contributed by atoms with Crippen LogP contribution in [0, 0.1) is 10.5 Å². The Morgan fingerprint density at radius 2 is 1.93 bits per heavy atom. The first kappa shape index (κ1) is 22.5. The summed E-state index contributed by atoms with van der Waals surface area (Å²) in [5, 5.41) is 18.1. The third kappa shape index (κ3) is 4.96. The first-order valence-corrected chi connectivity index (χ1v) is 9.69. The van der Waals surface area contributed by atoms with Crippen LogP contribution < -0.4 is 11.2 Å². The van der Waals surface area contributed by atoms with E-state index in [0.717, 1.165) is 19.3 Å². The van der Waals surface area contributed by atoms with E-state index in [9.17, 15) is 19.5 Å². The summed E-state index contributed by atoms with van der Waals surface area (Å²) in [6, 6.07) is 5.81. The van der Waals surface area contributed by atoms with Crippen LogP contribution in [-0.4, -0.2) is 51.1 Å². The molecule has 152 valence electrons. The lowest BCUT2D eigenvalue weighted by molar-refractivity contribution is 0.00887. The molecule has 2 aromatic rings.